The van der Waals surface area contributed by atoms with Crippen LogP contribution in [0.4, 0.5) is 15.8 Å². The fourth-order valence-electron chi connectivity index (χ4n) is 4.03. The summed E-state index contributed by atoms with van der Waals surface area (Å²) in [6.45, 7) is 4.59. The summed E-state index contributed by atoms with van der Waals surface area (Å²) >= 11 is 0. The molecular weight excluding hydrogens is 437 g/mol. The minimum absolute atomic E-state index is 0.0243. The standard InChI is InChI=1S/C21H28FN5O4S/c1-15-23-20(14-25(15)2)32(29,30)27-7-5-16(6-8-27)21(28)24-17-3-4-19(18(22)13-17)26-9-11-31-12-10-26/h3-4,13-14,16H,5-12H2,1-2H3,(H,24,28). The van der Waals surface area contributed by atoms with E-state index in [4.69, 9.17) is 4.74 Å². The van der Waals surface area contributed by atoms with Crippen LogP contribution in [-0.4, -0.2) is 67.6 Å². The van der Waals surface area contributed by atoms with E-state index in [1.807, 2.05) is 4.90 Å². The lowest BCUT2D eigenvalue weighted by molar-refractivity contribution is -0.120. The molecule has 2 aliphatic rings. The van der Waals surface area contributed by atoms with E-state index in [1.54, 1.807) is 30.7 Å². The molecule has 0 bridgehead atoms. The van der Waals surface area contributed by atoms with Crippen molar-refractivity contribution in [2.24, 2.45) is 13.0 Å². The molecule has 2 aliphatic heterocycles. The highest BCUT2D eigenvalue weighted by atomic mass is 32.2. The maximum atomic E-state index is 14.6. The first-order valence-electron chi connectivity index (χ1n) is 10.7. The summed E-state index contributed by atoms with van der Waals surface area (Å²) in [5, 5.41) is 2.80. The Morgan fingerprint density at radius 2 is 1.88 bits per heavy atom. The fourth-order valence-corrected chi connectivity index (χ4v) is 5.53. The Bertz CT molecular complexity index is 1070. The third-order valence-corrected chi connectivity index (χ3v) is 7.85. The van der Waals surface area contributed by atoms with Gasteiger partial charge in [-0.15, -0.1) is 0 Å². The van der Waals surface area contributed by atoms with E-state index in [0.29, 0.717) is 56.3 Å². The molecule has 0 spiro atoms. The molecule has 2 aromatic rings. The topological polar surface area (TPSA) is 96.8 Å². The molecule has 174 valence electrons. The van der Waals surface area contributed by atoms with Crippen molar-refractivity contribution >= 4 is 27.3 Å². The number of anilines is 2. The van der Waals surface area contributed by atoms with Gasteiger partial charge < -0.3 is 19.5 Å². The van der Waals surface area contributed by atoms with Gasteiger partial charge in [0.1, 0.15) is 11.6 Å². The van der Waals surface area contributed by atoms with Gasteiger partial charge in [-0.25, -0.2) is 17.8 Å². The van der Waals surface area contributed by atoms with Crippen LogP contribution < -0.4 is 10.2 Å². The molecule has 9 nitrogen and oxygen atoms in total. The van der Waals surface area contributed by atoms with Crippen LogP contribution in [0.3, 0.4) is 0 Å². The average Bonchev–Trinajstić information content (AvgIpc) is 3.13. The van der Waals surface area contributed by atoms with Gasteiger partial charge in [0.2, 0.25) is 5.91 Å². The van der Waals surface area contributed by atoms with Gasteiger partial charge in [-0.05, 0) is 38.0 Å². The number of hydrogen-bond acceptors (Lipinski definition) is 6. The number of rotatable bonds is 5. The van der Waals surface area contributed by atoms with Gasteiger partial charge >= 0.3 is 0 Å². The van der Waals surface area contributed by atoms with Crippen molar-refractivity contribution in [3.05, 3.63) is 36.0 Å². The first-order valence-corrected chi connectivity index (χ1v) is 12.1. The number of amides is 1. The number of ether oxygens (including phenoxy) is 1. The summed E-state index contributed by atoms with van der Waals surface area (Å²) in [5.41, 5.74) is 0.887. The number of piperidine rings is 1. The second-order valence-corrected chi connectivity index (χ2v) is 10.1. The largest absolute Gasteiger partial charge is 0.378 e. The van der Waals surface area contributed by atoms with E-state index in [9.17, 15) is 17.6 Å². The van der Waals surface area contributed by atoms with Crippen LogP contribution in [0, 0.1) is 18.7 Å². The minimum atomic E-state index is -3.69. The van der Waals surface area contributed by atoms with E-state index in [2.05, 4.69) is 10.3 Å². The van der Waals surface area contributed by atoms with Gasteiger partial charge in [0.05, 0.1) is 18.9 Å². The average molecular weight is 466 g/mol. The molecule has 0 radical (unpaired) electrons. The second-order valence-electron chi connectivity index (χ2n) is 8.17. The number of sulfonamides is 1. The molecule has 1 aromatic carbocycles. The Hall–Kier alpha value is -2.50. The second kappa shape index (κ2) is 9.16. The number of halogens is 1. The number of imidazole rings is 1. The molecule has 1 aromatic heterocycles. The third-order valence-electron chi connectivity index (χ3n) is 6.08. The van der Waals surface area contributed by atoms with Crippen LogP contribution in [-0.2, 0) is 26.6 Å². The third kappa shape index (κ3) is 4.64. The predicted octanol–water partition coefficient (Wildman–Crippen LogP) is 1.74. The zero-order chi connectivity index (χ0) is 22.9. The molecule has 0 unspecified atom stereocenters. The maximum Gasteiger partial charge on any atom is 0.262 e. The number of hydrogen-bond donors (Lipinski definition) is 1. The highest BCUT2D eigenvalue weighted by Crippen LogP contribution is 2.27. The minimum Gasteiger partial charge on any atom is -0.378 e. The SMILES string of the molecule is Cc1nc(S(=O)(=O)N2CCC(C(=O)Nc3ccc(N4CCOCC4)c(F)c3)CC2)cn1C. The quantitative estimate of drug-likeness (QED) is 0.723. The zero-order valence-electron chi connectivity index (χ0n) is 18.3. The number of carbonyl (C=O) groups is 1. The summed E-state index contributed by atoms with van der Waals surface area (Å²) in [6, 6.07) is 4.68. The molecule has 1 amide bonds. The molecule has 0 atom stereocenters. The van der Waals surface area contributed by atoms with Crippen LogP contribution in [0.1, 0.15) is 18.7 Å². The first kappa shape index (κ1) is 22.7. The van der Waals surface area contributed by atoms with Crippen molar-refractivity contribution in [2.45, 2.75) is 24.8 Å². The van der Waals surface area contributed by atoms with Crippen molar-refractivity contribution < 1.29 is 22.3 Å². The van der Waals surface area contributed by atoms with Crippen LogP contribution in [0.15, 0.2) is 29.4 Å². The van der Waals surface area contributed by atoms with Crippen LogP contribution in [0.25, 0.3) is 0 Å². The van der Waals surface area contributed by atoms with Gasteiger partial charge in [-0.1, -0.05) is 0 Å². The molecule has 0 saturated carbocycles. The lowest BCUT2D eigenvalue weighted by Crippen LogP contribution is -2.41. The summed E-state index contributed by atoms with van der Waals surface area (Å²) < 4.78 is 48.6. The zero-order valence-corrected chi connectivity index (χ0v) is 19.1. The monoisotopic (exact) mass is 465 g/mol. The van der Waals surface area contributed by atoms with Gasteiger partial charge in [-0.2, -0.15) is 4.31 Å². The van der Waals surface area contributed by atoms with Crippen molar-refractivity contribution in [2.75, 3.05) is 49.6 Å². The predicted molar refractivity (Wildman–Crippen MR) is 117 cm³/mol. The van der Waals surface area contributed by atoms with E-state index >= 15 is 0 Å². The Labute approximate surface area is 187 Å². The van der Waals surface area contributed by atoms with Gasteiger partial charge in [0.15, 0.2) is 5.03 Å². The van der Waals surface area contributed by atoms with E-state index in [-0.39, 0.29) is 29.9 Å². The summed E-state index contributed by atoms with van der Waals surface area (Å²) in [4.78, 5) is 18.7. The Kier molecular flexibility index (Phi) is 6.50. The van der Waals surface area contributed by atoms with Crippen molar-refractivity contribution in [1.29, 1.82) is 0 Å². The van der Waals surface area contributed by atoms with Gasteiger partial charge in [-0.3, -0.25) is 4.79 Å². The first-order chi connectivity index (χ1) is 15.3. The highest BCUT2D eigenvalue weighted by Gasteiger charge is 2.33. The number of nitrogens with one attached hydrogen (secondary N) is 1. The molecule has 2 saturated heterocycles. The number of nitrogens with zero attached hydrogens (tertiary/aromatic N) is 4. The Morgan fingerprint density at radius 3 is 2.47 bits per heavy atom. The lowest BCUT2D eigenvalue weighted by Gasteiger charge is -2.30. The molecule has 2 fully saturated rings. The molecule has 32 heavy (non-hydrogen) atoms. The molecule has 11 heteroatoms. The molecule has 4 rings (SSSR count). The summed E-state index contributed by atoms with van der Waals surface area (Å²) in [7, 11) is -1.94. The van der Waals surface area contributed by atoms with Crippen molar-refractivity contribution in [1.82, 2.24) is 13.9 Å². The van der Waals surface area contributed by atoms with Crippen LogP contribution in [0.2, 0.25) is 0 Å². The van der Waals surface area contributed by atoms with Crippen LogP contribution >= 0.6 is 0 Å². The highest BCUT2D eigenvalue weighted by molar-refractivity contribution is 7.89. The van der Waals surface area contributed by atoms with E-state index in [1.165, 1.54) is 16.6 Å². The maximum absolute atomic E-state index is 14.6. The lowest BCUT2D eigenvalue weighted by atomic mass is 9.97. The Morgan fingerprint density at radius 1 is 1.19 bits per heavy atom. The molecule has 0 aliphatic carbocycles. The van der Waals surface area contributed by atoms with Crippen LogP contribution in [0.5, 0.6) is 0 Å². The van der Waals surface area contributed by atoms with Crippen molar-refractivity contribution in [3.8, 4) is 0 Å². The van der Waals surface area contributed by atoms with Gasteiger partial charge in [0, 0.05) is 51.0 Å². The number of aromatic nitrogens is 2. The van der Waals surface area contributed by atoms with Crippen molar-refractivity contribution in [3.63, 3.8) is 0 Å². The number of morpholine rings is 1. The summed E-state index contributed by atoms with van der Waals surface area (Å²) in [5.74, 6) is -0.343. The number of carbonyl (C=O) groups excluding carboxylic acids is 1. The molecular formula is C21H28FN5O4S. The van der Waals surface area contributed by atoms with Gasteiger partial charge in [0.25, 0.3) is 10.0 Å². The van der Waals surface area contributed by atoms with E-state index < -0.39 is 15.8 Å². The smallest absolute Gasteiger partial charge is 0.262 e. The molecule has 1 N–H and O–H groups in total. The number of aryl methyl sites for hydroxylation is 2. The van der Waals surface area contributed by atoms with E-state index in [0.717, 1.165) is 0 Å². The fraction of sp³-hybridized carbons (Fsp3) is 0.524. The Balaban J connectivity index is 1.35. The normalized spacial score (nSPS) is 18.7. The molecule has 3 heterocycles. The summed E-state index contributed by atoms with van der Waals surface area (Å²) in [6.07, 6.45) is 2.29. The number of benzene rings is 1.